The number of nitrogens with zero attached hydrogens (tertiary/aromatic N) is 1. The van der Waals surface area contributed by atoms with E-state index in [1.165, 1.54) is 5.56 Å². The highest BCUT2D eigenvalue weighted by Crippen LogP contribution is 2.41. The number of ketones is 1. The van der Waals surface area contributed by atoms with Gasteiger partial charge in [-0.05, 0) is 31.2 Å². The van der Waals surface area contributed by atoms with Gasteiger partial charge in [0.25, 0.3) is 0 Å². The van der Waals surface area contributed by atoms with E-state index in [0.717, 1.165) is 19.4 Å². The van der Waals surface area contributed by atoms with Gasteiger partial charge in [-0.2, -0.15) is 13.2 Å². The van der Waals surface area contributed by atoms with E-state index in [2.05, 4.69) is 23.6 Å². The summed E-state index contributed by atoms with van der Waals surface area (Å²) in [5.74, 6) is -1.34. The molecule has 2 fully saturated rings. The molecular formula is C18H20F3NO. The van der Waals surface area contributed by atoms with Crippen molar-refractivity contribution in [3.05, 3.63) is 48.0 Å². The normalized spacial score (nSPS) is 27.9. The summed E-state index contributed by atoms with van der Waals surface area (Å²) in [7, 11) is 0. The lowest BCUT2D eigenvalue weighted by atomic mass is 9.84. The SMILES string of the molecule is C=C(C(=O)C1CC2CCC(C1)N2Cc1ccccc1)C(F)(F)F. The number of carbonyl (C=O) groups excluding carboxylic acids is 1. The lowest BCUT2D eigenvalue weighted by Gasteiger charge is -2.38. The molecule has 0 aliphatic carbocycles. The average Bonchev–Trinajstić information content (AvgIpc) is 2.75. The van der Waals surface area contributed by atoms with Crippen molar-refractivity contribution in [2.24, 2.45) is 5.92 Å². The monoisotopic (exact) mass is 323 g/mol. The summed E-state index contributed by atoms with van der Waals surface area (Å²) in [4.78, 5) is 14.4. The molecule has 23 heavy (non-hydrogen) atoms. The molecule has 0 amide bonds. The van der Waals surface area contributed by atoms with Gasteiger partial charge in [-0.25, -0.2) is 0 Å². The van der Waals surface area contributed by atoms with Crippen molar-refractivity contribution < 1.29 is 18.0 Å². The Balaban J connectivity index is 1.67. The Kier molecular flexibility index (Phi) is 4.32. The van der Waals surface area contributed by atoms with Crippen LogP contribution in [-0.2, 0) is 11.3 Å². The van der Waals surface area contributed by atoms with Crippen molar-refractivity contribution in [2.75, 3.05) is 0 Å². The number of carbonyl (C=O) groups is 1. The van der Waals surface area contributed by atoms with Crippen LogP contribution in [0.2, 0.25) is 0 Å². The minimum atomic E-state index is -4.61. The second-order valence-electron chi connectivity index (χ2n) is 6.55. The van der Waals surface area contributed by atoms with Crippen molar-refractivity contribution in [3.63, 3.8) is 0 Å². The zero-order chi connectivity index (χ0) is 16.6. The second-order valence-corrected chi connectivity index (χ2v) is 6.55. The Morgan fingerprint density at radius 2 is 1.70 bits per heavy atom. The zero-order valence-electron chi connectivity index (χ0n) is 12.9. The van der Waals surface area contributed by atoms with Gasteiger partial charge >= 0.3 is 6.18 Å². The molecule has 0 saturated carbocycles. The Hall–Kier alpha value is -1.62. The first-order valence-electron chi connectivity index (χ1n) is 7.96. The molecule has 0 spiro atoms. The highest BCUT2D eigenvalue weighted by Gasteiger charge is 2.46. The summed E-state index contributed by atoms with van der Waals surface area (Å²) in [6.45, 7) is 3.77. The first-order valence-corrected chi connectivity index (χ1v) is 7.96. The van der Waals surface area contributed by atoms with Gasteiger partial charge in [0.1, 0.15) is 0 Å². The highest BCUT2D eigenvalue weighted by atomic mass is 19.4. The number of piperidine rings is 1. The Morgan fingerprint density at radius 3 is 2.22 bits per heavy atom. The topological polar surface area (TPSA) is 20.3 Å². The van der Waals surface area contributed by atoms with Crippen molar-refractivity contribution in [2.45, 2.75) is 50.5 Å². The second kappa shape index (κ2) is 6.11. The Labute approximate surface area is 134 Å². The smallest absolute Gasteiger partial charge is 0.294 e. The number of hydrogen-bond donors (Lipinski definition) is 0. The molecule has 2 bridgehead atoms. The molecule has 0 N–H and O–H groups in total. The molecule has 2 nitrogen and oxygen atoms in total. The van der Waals surface area contributed by atoms with Gasteiger partial charge in [0, 0.05) is 24.5 Å². The largest absolute Gasteiger partial charge is 0.419 e. The molecule has 3 rings (SSSR count). The summed E-state index contributed by atoms with van der Waals surface area (Å²) in [5, 5.41) is 0. The third-order valence-corrected chi connectivity index (χ3v) is 5.10. The Bertz CT molecular complexity index is 582. The van der Waals surface area contributed by atoms with Gasteiger partial charge in [0.2, 0.25) is 0 Å². The lowest BCUT2D eigenvalue weighted by molar-refractivity contribution is -0.134. The quantitative estimate of drug-likeness (QED) is 0.777. The zero-order valence-corrected chi connectivity index (χ0v) is 12.9. The van der Waals surface area contributed by atoms with Crippen molar-refractivity contribution in [3.8, 4) is 0 Å². The van der Waals surface area contributed by atoms with Crippen LogP contribution in [0.5, 0.6) is 0 Å². The lowest BCUT2D eigenvalue weighted by Crippen LogP contribution is -2.44. The molecule has 2 heterocycles. The molecular weight excluding hydrogens is 303 g/mol. The third kappa shape index (κ3) is 3.34. The summed E-state index contributed by atoms with van der Waals surface area (Å²) in [6, 6.07) is 10.4. The first kappa shape index (κ1) is 16.2. The highest BCUT2D eigenvalue weighted by molar-refractivity contribution is 5.97. The fraction of sp³-hybridized carbons (Fsp3) is 0.500. The van der Waals surface area contributed by atoms with E-state index in [9.17, 15) is 18.0 Å². The van der Waals surface area contributed by atoms with Crippen LogP contribution in [0.1, 0.15) is 31.2 Å². The van der Waals surface area contributed by atoms with Crippen LogP contribution in [0.25, 0.3) is 0 Å². The van der Waals surface area contributed by atoms with Crippen LogP contribution in [0, 0.1) is 5.92 Å². The summed E-state index contributed by atoms with van der Waals surface area (Å²) >= 11 is 0. The van der Waals surface area contributed by atoms with E-state index in [-0.39, 0.29) is 12.1 Å². The number of halogens is 3. The van der Waals surface area contributed by atoms with Crippen LogP contribution >= 0.6 is 0 Å². The average molecular weight is 323 g/mol. The van der Waals surface area contributed by atoms with Gasteiger partial charge in [0.05, 0.1) is 5.57 Å². The van der Waals surface area contributed by atoms with E-state index in [0.29, 0.717) is 12.8 Å². The number of alkyl halides is 3. The van der Waals surface area contributed by atoms with Gasteiger partial charge in [-0.3, -0.25) is 9.69 Å². The van der Waals surface area contributed by atoms with Crippen molar-refractivity contribution in [1.29, 1.82) is 0 Å². The van der Waals surface area contributed by atoms with Crippen LogP contribution in [0.15, 0.2) is 42.5 Å². The fourth-order valence-electron chi connectivity index (χ4n) is 3.93. The maximum atomic E-state index is 12.7. The maximum absolute atomic E-state index is 12.7. The number of hydrogen-bond acceptors (Lipinski definition) is 2. The van der Waals surface area contributed by atoms with E-state index in [1.54, 1.807) is 0 Å². The summed E-state index contributed by atoms with van der Waals surface area (Å²) in [5.41, 5.74) is 0.00675. The third-order valence-electron chi connectivity index (χ3n) is 5.10. The molecule has 2 saturated heterocycles. The molecule has 2 aliphatic heterocycles. The molecule has 2 atom stereocenters. The maximum Gasteiger partial charge on any atom is 0.419 e. The van der Waals surface area contributed by atoms with Crippen molar-refractivity contribution in [1.82, 2.24) is 4.90 Å². The summed E-state index contributed by atoms with van der Waals surface area (Å²) in [6.07, 6.45) is -1.68. The standard InChI is InChI=1S/C18H20F3NO/c1-12(18(19,20)21)17(23)14-9-15-7-8-16(10-14)22(15)11-13-5-3-2-4-6-13/h2-6,14-16H,1,7-11H2. The molecule has 1 aromatic rings. The summed E-state index contributed by atoms with van der Waals surface area (Å²) < 4.78 is 38.1. The fourth-order valence-corrected chi connectivity index (χ4v) is 3.93. The van der Waals surface area contributed by atoms with E-state index in [1.807, 2.05) is 18.2 Å². The number of rotatable bonds is 4. The predicted molar refractivity (Wildman–Crippen MR) is 81.7 cm³/mol. The van der Waals surface area contributed by atoms with E-state index < -0.39 is 23.5 Å². The molecule has 0 radical (unpaired) electrons. The van der Waals surface area contributed by atoms with E-state index in [4.69, 9.17) is 0 Å². The molecule has 2 unspecified atom stereocenters. The van der Waals surface area contributed by atoms with Crippen LogP contribution < -0.4 is 0 Å². The Morgan fingerprint density at radius 1 is 1.13 bits per heavy atom. The minimum Gasteiger partial charge on any atom is -0.294 e. The molecule has 1 aromatic carbocycles. The molecule has 2 aliphatic rings. The van der Waals surface area contributed by atoms with Crippen LogP contribution in [-0.4, -0.2) is 28.9 Å². The first-order chi connectivity index (χ1) is 10.9. The van der Waals surface area contributed by atoms with E-state index >= 15 is 0 Å². The molecule has 5 heteroatoms. The molecule has 0 aromatic heterocycles. The van der Waals surface area contributed by atoms with Gasteiger partial charge in [0.15, 0.2) is 5.78 Å². The molecule has 124 valence electrons. The van der Waals surface area contributed by atoms with Gasteiger partial charge < -0.3 is 0 Å². The van der Waals surface area contributed by atoms with Gasteiger partial charge in [-0.15, -0.1) is 0 Å². The number of fused-ring (bicyclic) bond motifs is 2. The minimum absolute atomic E-state index is 0.198. The number of Topliss-reactive ketones (excluding diaryl/α,β-unsaturated/α-hetero) is 1. The predicted octanol–water partition coefficient (Wildman–Crippen LogP) is 4.12. The van der Waals surface area contributed by atoms with Crippen molar-refractivity contribution >= 4 is 5.78 Å². The van der Waals surface area contributed by atoms with Crippen LogP contribution in [0.3, 0.4) is 0 Å². The van der Waals surface area contributed by atoms with Crippen LogP contribution in [0.4, 0.5) is 13.2 Å². The number of benzene rings is 1. The number of allylic oxidation sites excluding steroid dienone is 1. The van der Waals surface area contributed by atoms with Gasteiger partial charge in [-0.1, -0.05) is 36.9 Å².